The third-order valence-electron chi connectivity index (χ3n) is 4.56. The van der Waals surface area contributed by atoms with E-state index in [4.69, 9.17) is 0 Å². The zero-order valence-corrected chi connectivity index (χ0v) is 12.7. The average Bonchev–Trinajstić information content (AvgIpc) is 3.18. The molecule has 0 unspecified atom stereocenters. The maximum atomic E-state index is 12.7. The monoisotopic (exact) mass is 321 g/mol. The Kier molecular flexibility index (Phi) is 3.13. The van der Waals surface area contributed by atoms with Crippen LogP contribution >= 0.6 is 0 Å². The Morgan fingerprint density at radius 1 is 1.08 bits per heavy atom. The predicted octanol–water partition coefficient (Wildman–Crippen LogP) is 1.91. The van der Waals surface area contributed by atoms with Gasteiger partial charge in [0.15, 0.2) is 0 Å². The number of carbonyl (C=O) groups is 2. The van der Waals surface area contributed by atoms with Crippen LogP contribution in [0.3, 0.4) is 0 Å². The highest BCUT2D eigenvalue weighted by molar-refractivity contribution is 6.06. The minimum Gasteiger partial charge on any atom is -0.479 e. The number of benzene rings is 2. The number of carboxylic acid groups (broad SMARTS) is 1. The SMILES string of the molecule is O=C(NC1(C(=O)O)Cc2ccccc2C1)c1cccc2[nH]cnc12. The summed E-state index contributed by atoms with van der Waals surface area (Å²) in [5.41, 5.74) is 2.23. The summed E-state index contributed by atoms with van der Waals surface area (Å²) >= 11 is 0. The quantitative estimate of drug-likeness (QED) is 0.687. The van der Waals surface area contributed by atoms with E-state index < -0.39 is 17.4 Å². The number of rotatable bonds is 3. The van der Waals surface area contributed by atoms with Gasteiger partial charge in [-0.3, -0.25) is 4.79 Å². The van der Waals surface area contributed by atoms with E-state index in [1.165, 1.54) is 6.33 Å². The smallest absolute Gasteiger partial charge is 0.330 e. The van der Waals surface area contributed by atoms with E-state index in [-0.39, 0.29) is 12.8 Å². The van der Waals surface area contributed by atoms with Gasteiger partial charge in [0, 0.05) is 12.8 Å². The second kappa shape index (κ2) is 5.19. The number of fused-ring (bicyclic) bond motifs is 2. The van der Waals surface area contributed by atoms with Crippen LogP contribution in [0, 0.1) is 0 Å². The number of nitrogens with zero attached hydrogens (tertiary/aromatic N) is 1. The number of amides is 1. The number of H-pyrrole nitrogens is 1. The third kappa shape index (κ3) is 2.15. The second-order valence-corrected chi connectivity index (χ2v) is 6.07. The first kappa shape index (κ1) is 14.4. The van der Waals surface area contributed by atoms with E-state index in [9.17, 15) is 14.7 Å². The van der Waals surface area contributed by atoms with Crippen molar-refractivity contribution in [2.75, 3.05) is 0 Å². The summed E-state index contributed by atoms with van der Waals surface area (Å²) in [6.45, 7) is 0. The summed E-state index contributed by atoms with van der Waals surface area (Å²) in [4.78, 5) is 31.8. The van der Waals surface area contributed by atoms with E-state index in [2.05, 4.69) is 15.3 Å². The Bertz CT molecular complexity index is 936. The Hall–Kier alpha value is -3.15. The van der Waals surface area contributed by atoms with E-state index in [1.807, 2.05) is 30.3 Å². The fourth-order valence-corrected chi connectivity index (χ4v) is 3.34. The maximum absolute atomic E-state index is 12.7. The van der Waals surface area contributed by atoms with Gasteiger partial charge in [-0.2, -0.15) is 0 Å². The highest BCUT2D eigenvalue weighted by Crippen LogP contribution is 2.31. The van der Waals surface area contributed by atoms with Gasteiger partial charge in [-0.05, 0) is 23.3 Å². The van der Waals surface area contributed by atoms with Gasteiger partial charge in [0.25, 0.3) is 5.91 Å². The number of para-hydroxylation sites is 1. The standard InChI is InChI=1S/C18H15N3O3/c22-16(13-6-3-7-14-15(13)20-10-19-14)21-18(17(23)24)8-11-4-1-2-5-12(11)9-18/h1-7,10H,8-9H2,(H,19,20)(H,21,22)(H,23,24). The van der Waals surface area contributed by atoms with E-state index >= 15 is 0 Å². The molecular weight excluding hydrogens is 306 g/mol. The molecule has 0 saturated heterocycles. The third-order valence-corrected chi connectivity index (χ3v) is 4.56. The molecule has 1 aliphatic carbocycles. The van der Waals surface area contributed by atoms with Crippen molar-refractivity contribution in [3.8, 4) is 0 Å². The van der Waals surface area contributed by atoms with Gasteiger partial charge in [-0.1, -0.05) is 30.3 Å². The van der Waals surface area contributed by atoms with Crippen LogP contribution in [-0.2, 0) is 17.6 Å². The van der Waals surface area contributed by atoms with Crippen LogP contribution in [0.25, 0.3) is 11.0 Å². The lowest BCUT2D eigenvalue weighted by atomic mass is 9.95. The number of aliphatic carboxylic acids is 1. The minimum absolute atomic E-state index is 0.279. The van der Waals surface area contributed by atoms with Crippen LogP contribution in [0.4, 0.5) is 0 Å². The van der Waals surface area contributed by atoms with Crippen LogP contribution in [0.5, 0.6) is 0 Å². The lowest BCUT2D eigenvalue weighted by Crippen LogP contribution is -2.55. The largest absolute Gasteiger partial charge is 0.479 e. The zero-order valence-electron chi connectivity index (χ0n) is 12.7. The molecule has 6 heteroatoms. The number of carbonyl (C=O) groups excluding carboxylic acids is 1. The molecular formula is C18H15N3O3. The van der Waals surface area contributed by atoms with Crippen LogP contribution in [0.1, 0.15) is 21.5 Å². The fraction of sp³-hybridized carbons (Fsp3) is 0.167. The second-order valence-electron chi connectivity index (χ2n) is 6.07. The van der Waals surface area contributed by atoms with Gasteiger partial charge in [0.2, 0.25) is 0 Å². The molecule has 0 fully saturated rings. The van der Waals surface area contributed by atoms with Crippen LogP contribution < -0.4 is 5.32 Å². The van der Waals surface area contributed by atoms with Crippen molar-refractivity contribution < 1.29 is 14.7 Å². The van der Waals surface area contributed by atoms with Crippen LogP contribution in [-0.4, -0.2) is 32.5 Å². The molecule has 0 atom stereocenters. The molecule has 1 amide bonds. The normalized spacial score (nSPS) is 15.2. The van der Waals surface area contributed by atoms with Crippen molar-refractivity contribution in [1.82, 2.24) is 15.3 Å². The number of aromatic nitrogens is 2. The van der Waals surface area contributed by atoms with Crippen molar-refractivity contribution in [3.63, 3.8) is 0 Å². The molecule has 0 bridgehead atoms. The summed E-state index contributed by atoms with van der Waals surface area (Å²) in [6, 6.07) is 12.8. The van der Waals surface area contributed by atoms with Crippen molar-refractivity contribution in [3.05, 3.63) is 65.5 Å². The van der Waals surface area contributed by atoms with Crippen molar-refractivity contribution in [2.45, 2.75) is 18.4 Å². The summed E-state index contributed by atoms with van der Waals surface area (Å²) in [6.07, 6.45) is 2.07. The average molecular weight is 321 g/mol. The van der Waals surface area contributed by atoms with Gasteiger partial charge >= 0.3 is 5.97 Å². The molecule has 2 aromatic carbocycles. The number of aromatic amines is 1. The molecule has 0 spiro atoms. The van der Waals surface area contributed by atoms with E-state index in [0.29, 0.717) is 11.1 Å². The van der Waals surface area contributed by atoms with Crippen LogP contribution in [0.2, 0.25) is 0 Å². The summed E-state index contributed by atoms with van der Waals surface area (Å²) in [5.74, 6) is -1.45. The van der Waals surface area contributed by atoms with Crippen molar-refractivity contribution in [2.24, 2.45) is 0 Å². The molecule has 120 valence electrons. The predicted molar refractivity (Wildman–Crippen MR) is 87.8 cm³/mol. The molecule has 0 saturated carbocycles. The lowest BCUT2D eigenvalue weighted by Gasteiger charge is -2.25. The Morgan fingerprint density at radius 3 is 2.46 bits per heavy atom. The summed E-state index contributed by atoms with van der Waals surface area (Å²) < 4.78 is 0. The first-order valence-electron chi connectivity index (χ1n) is 7.64. The number of hydrogen-bond acceptors (Lipinski definition) is 3. The number of carboxylic acids is 1. The topological polar surface area (TPSA) is 95.1 Å². The fourth-order valence-electron chi connectivity index (χ4n) is 3.34. The van der Waals surface area contributed by atoms with Crippen LogP contribution in [0.15, 0.2) is 48.8 Å². The molecule has 6 nitrogen and oxygen atoms in total. The first-order valence-corrected chi connectivity index (χ1v) is 7.64. The number of nitrogens with one attached hydrogen (secondary N) is 2. The van der Waals surface area contributed by atoms with E-state index in [1.54, 1.807) is 12.1 Å². The van der Waals surface area contributed by atoms with Gasteiger partial charge in [0.05, 0.1) is 17.4 Å². The van der Waals surface area contributed by atoms with Gasteiger partial charge in [-0.15, -0.1) is 0 Å². The number of hydrogen-bond donors (Lipinski definition) is 3. The Morgan fingerprint density at radius 2 is 1.79 bits per heavy atom. The molecule has 1 heterocycles. The molecule has 1 aliphatic rings. The number of imidazole rings is 1. The maximum Gasteiger partial charge on any atom is 0.330 e. The molecule has 0 radical (unpaired) electrons. The van der Waals surface area contributed by atoms with Gasteiger partial charge in [-0.25, -0.2) is 9.78 Å². The summed E-state index contributed by atoms with van der Waals surface area (Å²) in [5, 5.41) is 12.5. The molecule has 0 aliphatic heterocycles. The molecule has 24 heavy (non-hydrogen) atoms. The molecule has 4 rings (SSSR count). The van der Waals surface area contributed by atoms with Gasteiger partial charge in [0.1, 0.15) is 11.1 Å². The van der Waals surface area contributed by atoms with Crippen molar-refractivity contribution >= 4 is 22.9 Å². The first-order chi connectivity index (χ1) is 11.6. The Labute approximate surface area is 137 Å². The highest BCUT2D eigenvalue weighted by atomic mass is 16.4. The molecule has 3 N–H and O–H groups in total. The van der Waals surface area contributed by atoms with E-state index in [0.717, 1.165) is 16.6 Å². The molecule has 3 aromatic rings. The van der Waals surface area contributed by atoms with Crippen molar-refractivity contribution in [1.29, 1.82) is 0 Å². The summed E-state index contributed by atoms with van der Waals surface area (Å²) in [7, 11) is 0. The highest BCUT2D eigenvalue weighted by Gasteiger charge is 2.45. The lowest BCUT2D eigenvalue weighted by molar-refractivity contribution is -0.144. The minimum atomic E-state index is -1.32. The zero-order chi connectivity index (χ0) is 16.7. The van der Waals surface area contributed by atoms with Gasteiger partial charge < -0.3 is 15.4 Å². The molecule has 1 aromatic heterocycles. The Balaban J connectivity index is 1.69.